The minimum atomic E-state index is -1.24. The van der Waals surface area contributed by atoms with Crippen molar-refractivity contribution in [2.45, 2.75) is 6.10 Å². The average Bonchev–Trinajstić information content (AvgIpc) is 3.12. The van der Waals surface area contributed by atoms with Gasteiger partial charge in [-0.25, -0.2) is 4.98 Å². The number of benzene rings is 3. The van der Waals surface area contributed by atoms with Crippen LogP contribution >= 0.6 is 0 Å². The van der Waals surface area contributed by atoms with Crippen molar-refractivity contribution in [3.05, 3.63) is 84.4 Å². The van der Waals surface area contributed by atoms with E-state index in [1.807, 2.05) is 48.5 Å². The molecule has 128 valence electrons. The van der Waals surface area contributed by atoms with Crippen molar-refractivity contribution >= 4 is 22.6 Å². The van der Waals surface area contributed by atoms with E-state index in [0.29, 0.717) is 17.1 Å². The third-order valence-corrected chi connectivity index (χ3v) is 4.19. The van der Waals surface area contributed by atoms with Gasteiger partial charge in [0.1, 0.15) is 5.82 Å². The van der Waals surface area contributed by atoms with E-state index in [-0.39, 0.29) is 0 Å². The molecule has 26 heavy (non-hydrogen) atoms. The molecule has 0 saturated heterocycles. The summed E-state index contributed by atoms with van der Waals surface area (Å²) in [5.74, 6) is 0.177. The summed E-state index contributed by atoms with van der Waals surface area (Å²) in [5.41, 5.74) is 3.68. The van der Waals surface area contributed by atoms with Crippen LogP contribution in [0.2, 0.25) is 0 Å². The van der Waals surface area contributed by atoms with Gasteiger partial charge in [0.15, 0.2) is 6.10 Å². The number of para-hydroxylation sites is 3. The first-order valence-electron chi connectivity index (χ1n) is 8.30. The summed E-state index contributed by atoms with van der Waals surface area (Å²) in [6.07, 6.45) is -1.24. The number of carbonyl (C=O) groups excluding carboxylic acids is 1. The molecule has 0 aliphatic rings. The lowest BCUT2D eigenvalue weighted by atomic mass is 10.1. The second kappa shape index (κ2) is 6.82. The number of aromatic nitrogens is 2. The van der Waals surface area contributed by atoms with Gasteiger partial charge in [-0.3, -0.25) is 4.79 Å². The number of anilines is 1. The minimum absolute atomic E-state index is 0.486. The summed E-state index contributed by atoms with van der Waals surface area (Å²) in [5, 5.41) is 13.1. The predicted octanol–water partition coefficient (Wildman–Crippen LogP) is 3.90. The highest BCUT2D eigenvalue weighted by Gasteiger charge is 2.19. The summed E-state index contributed by atoms with van der Waals surface area (Å²) >= 11 is 0. The number of H-pyrrole nitrogens is 1. The predicted molar refractivity (Wildman–Crippen MR) is 102 cm³/mol. The first-order valence-corrected chi connectivity index (χ1v) is 8.30. The summed E-state index contributed by atoms with van der Waals surface area (Å²) in [7, 11) is 0. The van der Waals surface area contributed by atoms with Crippen molar-refractivity contribution in [3.8, 4) is 11.4 Å². The van der Waals surface area contributed by atoms with E-state index >= 15 is 0 Å². The number of imidazole rings is 1. The molecule has 0 fully saturated rings. The standard InChI is InChI=1S/C21H17N3O2/c25-19(14-8-2-1-3-9-14)21(26)24-16-11-5-4-10-15(16)20-22-17-12-6-7-13-18(17)23-20/h1-13,19,25H,(H,22,23)(H,24,26). The number of nitrogens with zero attached hydrogens (tertiary/aromatic N) is 1. The van der Waals surface area contributed by atoms with Crippen LogP contribution in [0.4, 0.5) is 5.69 Å². The number of hydrogen-bond donors (Lipinski definition) is 3. The van der Waals surface area contributed by atoms with Crippen molar-refractivity contribution < 1.29 is 9.90 Å². The highest BCUT2D eigenvalue weighted by molar-refractivity contribution is 5.98. The fourth-order valence-corrected chi connectivity index (χ4v) is 2.87. The van der Waals surface area contributed by atoms with Crippen LogP contribution in [0.3, 0.4) is 0 Å². The largest absolute Gasteiger partial charge is 0.378 e. The monoisotopic (exact) mass is 343 g/mol. The van der Waals surface area contributed by atoms with Crippen molar-refractivity contribution in [3.63, 3.8) is 0 Å². The van der Waals surface area contributed by atoms with E-state index < -0.39 is 12.0 Å². The number of hydrogen-bond acceptors (Lipinski definition) is 3. The van der Waals surface area contributed by atoms with Gasteiger partial charge in [0.05, 0.1) is 16.7 Å². The molecule has 0 radical (unpaired) electrons. The van der Waals surface area contributed by atoms with Crippen LogP contribution in [0.5, 0.6) is 0 Å². The molecule has 3 N–H and O–H groups in total. The topological polar surface area (TPSA) is 78.0 Å². The summed E-state index contributed by atoms with van der Waals surface area (Å²) < 4.78 is 0. The van der Waals surface area contributed by atoms with E-state index in [4.69, 9.17) is 0 Å². The molecular weight excluding hydrogens is 326 g/mol. The second-order valence-electron chi connectivity index (χ2n) is 5.95. The average molecular weight is 343 g/mol. The van der Waals surface area contributed by atoms with Gasteiger partial charge in [-0.15, -0.1) is 0 Å². The highest BCUT2D eigenvalue weighted by atomic mass is 16.3. The Labute approximate surface area is 150 Å². The van der Waals surface area contributed by atoms with Gasteiger partial charge in [0.2, 0.25) is 0 Å². The summed E-state index contributed by atoms with van der Waals surface area (Å²) in [4.78, 5) is 20.3. The van der Waals surface area contributed by atoms with Gasteiger partial charge in [-0.05, 0) is 29.8 Å². The minimum Gasteiger partial charge on any atom is -0.378 e. The van der Waals surface area contributed by atoms with Crippen LogP contribution in [0.1, 0.15) is 11.7 Å². The van der Waals surface area contributed by atoms with E-state index in [2.05, 4.69) is 15.3 Å². The zero-order valence-corrected chi connectivity index (χ0v) is 13.9. The molecule has 0 saturated carbocycles. The molecule has 0 bridgehead atoms. The van der Waals surface area contributed by atoms with Crippen LogP contribution in [-0.4, -0.2) is 21.0 Å². The van der Waals surface area contributed by atoms with Crippen LogP contribution in [0, 0.1) is 0 Å². The Kier molecular flexibility index (Phi) is 4.21. The van der Waals surface area contributed by atoms with E-state index in [1.54, 1.807) is 30.3 Å². The van der Waals surface area contributed by atoms with Gasteiger partial charge < -0.3 is 15.4 Å². The Morgan fingerprint density at radius 2 is 1.62 bits per heavy atom. The molecular formula is C21H17N3O2. The van der Waals surface area contributed by atoms with Gasteiger partial charge in [0.25, 0.3) is 5.91 Å². The highest BCUT2D eigenvalue weighted by Crippen LogP contribution is 2.28. The molecule has 1 heterocycles. The number of amides is 1. The molecule has 4 aromatic rings. The SMILES string of the molecule is O=C(Nc1ccccc1-c1nc2ccccc2[nH]1)C(O)c1ccccc1. The van der Waals surface area contributed by atoms with Crippen LogP contribution in [0.25, 0.3) is 22.4 Å². The fourth-order valence-electron chi connectivity index (χ4n) is 2.87. The van der Waals surface area contributed by atoms with Crippen molar-refractivity contribution in [2.75, 3.05) is 5.32 Å². The third kappa shape index (κ3) is 3.08. The Morgan fingerprint density at radius 3 is 2.42 bits per heavy atom. The maximum Gasteiger partial charge on any atom is 0.257 e. The van der Waals surface area contributed by atoms with Gasteiger partial charge in [-0.1, -0.05) is 54.6 Å². The number of rotatable bonds is 4. The Morgan fingerprint density at radius 1 is 0.923 bits per heavy atom. The summed E-state index contributed by atoms with van der Waals surface area (Å²) in [6.45, 7) is 0. The molecule has 1 amide bonds. The zero-order valence-electron chi connectivity index (χ0n) is 13.9. The molecule has 0 aliphatic heterocycles. The number of aromatic amines is 1. The number of aliphatic hydroxyl groups excluding tert-OH is 1. The lowest BCUT2D eigenvalue weighted by Crippen LogP contribution is -2.21. The fraction of sp³-hybridized carbons (Fsp3) is 0.0476. The lowest BCUT2D eigenvalue weighted by Gasteiger charge is -2.13. The Balaban J connectivity index is 1.64. The van der Waals surface area contributed by atoms with Gasteiger partial charge >= 0.3 is 0 Å². The number of nitrogens with one attached hydrogen (secondary N) is 2. The number of carbonyl (C=O) groups is 1. The van der Waals surface area contributed by atoms with Gasteiger partial charge in [-0.2, -0.15) is 0 Å². The van der Waals surface area contributed by atoms with Crippen molar-refractivity contribution in [1.82, 2.24) is 9.97 Å². The molecule has 3 aromatic carbocycles. The first kappa shape index (κ1) is 16.1. The maximum absolute atomic E-state index is 12.5. The molecule has 5 heteroatoms. The molecule has 1 unspecified atom stereocenters. The van der Waals surface area contributed by atoms with E-state index in [9.17, 15) is 9.90 Å². The Hall–Kier alpha value is -3.44. The number of aliphatic hydroxyl groups is 1. The van der Waals surface area contributed by atoms with Crippen LogP contribution < -0.4 is 5.32 Å². The normalized spacial score (nSPS) is 12.0. The molecule has 0 aliphatic carbocycles. The third-order valence-electron chi connectivity index (χ3n) is 4.19. The molecule has 0 spiro atoms. The quantitative estimate of drug-likeness (QED) is 0.526. The van der Waals surface area contributed by atoms with Crippen LogP contribution in [0.15, 0.2) is 78.9 Å². The first-order chi connectivity index (χ1) is 12.7. The molecule has 5 nitrogen and oxygen atoms in total. The number of fused-ring (bicyclic) bond motifs is 1. The van der Waals surface area contributed by atoms with Crippen molar-refractivity contribution in [2.24, 2.45) is 0 Å². The van der Waals surface area contributed by atoms with Gasteiger partial charge in [0, 0.05) is 5.56 Å². The van der Waals surface area contributed by atoms with E-state index in [0.717, 1.165) is 16.6 Å². The second-order valence-corrected chi connectivity index (χ2v) is 5.95. The Bertz CT molecular complexity index is 1020. The maximum atomic E-state index is 12.5. The van der Waals surface area contributed by atoms with E-state index in [1.165, 1.54) is 0 Å². The summed E-state index contributed by atoms with van der Waals surface area (Å²) in [6, 6.07) is 24.0. The molecule has 4 rings (SSSR count). The smallest absolute Gasteiger partial charge is 0.257 e. The molecule has 1 aromatic heterocycles. The zero-order chi connectivity index (χ0) is 17.9. The molecule has 1 atom stereocenters. The van der Waals surface area contributed by atoms with Crippen molar-refractivity contribution in [1.29, 1.82) is 0 Å². The van der Waals surface area contributed by atoms with Crippen LogP contribution in [-0.2, 0) is 4.79 Å². The lowest BCUT2D eigenvalue weighted by molar-refractivity contribution is -0.124.